The first kappa shape index (κ1) is 21.9. The molecule has 148 valence electrons. The van der Waals surface area contributed by atoms with Gasteiger partial charge in [0.1, 0.15) is 6.04 Å². The van der Waals surface area contributed by atoms with Crippen molar-refractivity contribution in [3.05, 3.63) is 29.3 Å². The van der Waals surface area contributed by atoms with Crippen LogP contribution in [0.5, 0.6) is 0 Å². The lowest BCUT2D eigenvalue weighted by atomic mass is 10.2. The topological polar surface area (TPSA) is 92.3 Å². The smallest absolute Gasteiger partial charge is 0.250 e. The summed E-state index contributed by atoms with van der Waals surface area (Å²) >= 11 is 8.72. The fourth-order valence-corrected chi connectivity index (χ4v) is 5.36. The van der Waals surface area contributed by atoms with Crippen LogP contribution < -0.4 is 9.62 Å². The molecule has 1 heterocycles. The zero-order chi connectivity index (χ0) is 20.0. The Morgan fingerprint density at radius 3 is 2.52 bits per heavy atom. The Kier molecular flexibility index (Phi) is 7.90. The second kappa shape index (κ2) is 9.72. The molecular formula is C16H21ClN4O3S3. The second-order valence-corrected chi connectivity index (χ2v) is 10.3. The number of nitrogens with one attached hydrogen (secondary N) is 1. The Morgan fingerprint density at radius 2 is 1.96 bits per heavy atom. The summed E-state index contributed by atoms with van der Waals surface area (Å²) in [7, 11) is -3.69. The molecule has 0 saturated heterocycles. The summed E-state index contributed by atoms with van der Waals surface area (Å²) in [6, 6.07) is 5.40. The average molecular weight is 449 g/mol. The molecule has 27 heavy (non-hydrogen) atoms. The van der Waals surface area contributed by atoms with Gasteiger partial charge in [-0.3, -0.25) is 14.4 Å². The standard InChI is InChI=1S/C16H21ClN4O3S3/c1-4-10-25-16-20-19-15(26-16)18-14(22)13(5-2)21(27(3,23)24)12-8-6-11(17)7-9-12/h6-9,13H,4-5,10H2,1-3H3,(H,18,19,22). The van der Waals surface area contributed by atoms with E-state index in [1.165, 1.54) is 11.3 Å². The van der Waals surface area contributed by atoms with Crippen LogP contribution in [0.2, 0.25) is 5.02 Å². The van der Waals surface area contributed by atoms with Gasteiger partial charge in [0.15, 0.2) is 4.34 Å². The zero-order valence-corrected chi connectivity index (χ0v) is 18.4. The average Bonchev–Trinajstić information content (AvgIpc) is 3.05. The van der Waals surface area contributed by atoms with E-state index in [9.17, 15) is 13.2 Å². The summed E-state index contributed by atoms with van der Waals surface area (Å²) in [5, 5.41) is 11.5. The summed E-state index contributed by atoms with van der Waals surface area (Å²) in [6.45, 7) is 3.82. The van der Waals surface area contributed by atoms with Gasteiger partial charge in [-0.05, 0) is 37.1 Å². The van der Waals surface area contributed by atoms with E-state index in [0.29, 0.717) is 15.8 Å². The third kappa shape index (κ3) is 6.06. The van der Waals surface area contributed by atoms with Gasteiger partial charge in [-0.2, -0.15) is 0 Å². The number of carbonyl (C=O) groups is 1. The van der Waals surface area contributed by atoms with E-state index in [4.69, 9.17) is 11.6 Å². The highest BCUT2D eigenvalue weighted by Crippen LogP contribution is 2.28. The highest BCUT2D eigenvalue weighted by atomic mass is 35.5. The van der Waals surface area contributed by atoms with Crippen molar-refractivity contribution in [2.45, 2.75) is 37.1 Å². The van der Waals surface area contributed by atoms with Crippen molar-refractivity contribution in [3.63, 3.8) is 0 Å². The third-order valence-corrected chi connectivity index (χ3v) is 7.09. The summed E-state index contributed by atoms with van der Waals surface area (Å²) in [6.07, 6.45) is 2.37. The first-order valence-electron chi connectivity index (χ1n) is 8.28. The van der Waals surface area contributed by atoms with Crippen LogP contribution in [0.4, 0.5) is 10.8 Å². The van der Waals surface area contributed by atoms with E-state index in [-0.39, 0.29) is 6.42 Å². The number of rotatable bonds is 9. The van der Waals surface area contributed by atoms with Crippen molar-refractivity contribution >= 4 is 61.4 Å². The minimum Gasteiger partial charge on any atom is -0.299 e. The van der Waals surface area contributed by atoms with Gasteiger partial charge >= 0.3 is 0 Å². The lowest BCUT2D eigenvalue weighted by molar-refractivity contribution is -0.117. The van der Waals surface area contributed by atoms with E-state index in [1.54, 1.807) is 43.0 Å². The Hall–Kier alpha value is -1.36. The molecule has 1 amide bonds. The zero-order valence-electron chi connectivity index (χ0n) is 15.2. The van der Waals surface area contributed by atoms with E-state index >= 15 is 0 Å². The number of carbonyl (C=O) groups excluding carboxylic acids is 1. The summed E-state index contributed by atoms with van der Waals surface area (Å²) in [4.78, 5) is 12.8. The molecule has 1 aromatic carbocycles. The molecule has 0 saturated carbocycles. The molecule has 1 N–H and O–H groups in total. The summed E-state index contributed by atoms with van der Waals surface area (Å²) < 4.78 is 26.6. The maximum absolute atomic E-state index is 12.8. The van der Waals surface area contributed by atoms with E-state index in [0.717, 1.165) is 27.1 Å². The highest BCUT2D eigenvalue weighted by Gasteiger charge is 2.32. The highest BCUT2D eigenvalue weighted by molar-refractivity contribution is 8.01. The van der Waals surface area contributed by atoms with Gasteiger partial charge in [-0.15, -0.1) is 10.2 Å². The van der Waals surface area contributed by atoms with Crippen molar-refractivity contribution in [2.24, 2.45) is 0 Å². The number of sulfonamides is 1. The van der Waals surface area contributed by atoms with E-state index < -0.39 is 22.0 Å². The molecule has 1 unspecified atom stereocenters. The molecule has 11 heteroatoms. The molecule has 0 aliphatic heterocycles. The summed E-state index contributed by atoms with van der Waals surface area (Å²) in [5.74, 6) is 0.458. The number of benzene rings is 1. The van der Waals surface area contributed by atoms with Gasteiger partial charge < -0.3 is 0 Å². The van der Waals surface area contributed by atoms with Gasteiger partial charge in [-0.1, -0.05) is 48.5 Å². The number of aromatic nitrogens is 2. The predicted molar refractivity (Wildman–Crippen MR) is 112 cm³/mol. The molecule has 0 fully saturated rings. The van der Waals surface area contributed by atoms with Gasteiger partial charge in [0.05, 0.1) is 11.9 Å². The van der Waals surface area contributed by atoms with Crippen molar-refractivity contribution in [1.82, 2.24) is 10.2 Å². The molecular weight excluding hydrogens is 428 g/mol. The monoisotopic (exact) mass is 448 g/mol. The molecule has 7 nitrogen and oxygen atoms in total. The third-order valence-electron chi connectivity index (χ3n) is 3.48. The maximum Gasteiger partial charge on any atom is 0.250 e. The molecule has 2 rings (SSSR count). The van der Waals surface area contributed by atoms with E-state index in [1.807, 2.05) is 0 Å². The number of hydrogen-bond donors (Lipinski definition) is 1. The van der Waals surface area contributed by atoms with Crippen LogP contribution in [-0.2, 0) is 14.8 Å². The Morgan fingerprint density at radius 1 is 1.30 bits per heavy atom. The minimum absolute atomic E-state index is 0.289. The van der Waals surface area contributed by atoms with Crippen LogP contribution in [0, 0.1) is 0 Å². The van der Waals surface area contributed by atoms with Gasteiger partial charge in [-0.25, -0.2) is 8.42 Å². The molecule has 1 aromatic heterocycles. The predicted octanol–water partition coefficient (Wildman–Crippen LogP) is 3.88. The maximum atomic E-state index is 12.8. The molecule has 2 aromatic rings. The number of halogens is 1. The Balaban J connectivity index is 2.24. The molecule has 0 aliphatic carbocycles. The first-order chi connectivity index (χ1) is 12.8. The fraction of sp³-hybridized carbons (Fsp3) is 0.438. The number of nitrogens with zero attached hydrogens (tertiary/aromatic N) is 3. The summed E-state index contributed by atoms with van der Waals surface area (Å²) in [5.41, 5.74) is 0.375. The fourth-order valence-electron chi connectivity index (χ4n) is 2.34. The van der Waals surface area contributed by atoms with Crippen molar-refractivity contribution in [2.75, 3.05) is 21.6 Å². The number of hydrogen-bond acceptors (Lipinski definition) is 7. The van der Waals surface area contributed by atoms with Crippen LogP contribution >= 0.6 is 34.7 Å². The number of amides is 1. The van der Waals surface area contributed by atoms with Crippen LogP contribution in [-0.4, -0.2) is 42.6 Å². The number of anilines is 2. The first-order valence-corrected chi connectivity index (χ1v) is 12.3. The van der Waals surface area contributed by atoms with Crippen molar-refractivity contribution in [1.29, 1.82) is 0 Å². The van der Waals surface area contributed by atoms with Gasteiger partial charge in [0.25, 0.3) is 0 Å². The lowest BCUT2D eigenvalue weighted by Gasteiger charge is -2.29. The van der Waals surface area contributed by atoms with Crippen molar-refractivity contribution < 1.29 is 13.2 Å². The normalized spacial score (nSPS) is 12.6. The van der Waals surface area contributed by atoms with Gasteiger partial charge in [0.2, 0.25) is 21.1 Å². The molecule has 0 aliphatic rings. The van der Waals surface area contributed by atoms with Crippen LogP contribution in [0.15, 0.2) is 28.6 Å². The Bertz CT molecular complexity index is 871. The molecule has 0 bridgehead atoms. The van der Waals surface area contributed by atoms with Gasteiger partial charge in [0, 0.05) is 10.8 Å². The second-order valence-electron chi connectivity index (χ2n) is 5.67. The minimum atomic E-state index is -3.69. The molecule has 0 radical (unpaired) electrons. The van der Waals surface area contributed by atoms with Crippen molar-refractivity contribution in [3.8, 4) is 0 Å². The number of thioether (sulfide) groups is 1. The van der Waals surface area contributed by atoms with Crippen LogP contribution in [0.25, 0.3) is 0 Å². The lowest BCUT2D eigenvalue weighted by Crippen LogP contribution is -2.46. The van der Waals surface area contributed by atoms with E-state index in [2.05, 4.69) is 22.4 Å². The molecule has 1 atom stereocenters. The van der Waals surface area contributed by atoms with Crippen LogP contribution in [0.3, 0.4) is 0 Å². The van der Waals surface area contributed by atoms with Crippen LogP contribution in [0.1, 0.15) is 26.7 Å². The Labute approximate surface area is 172 Å². The quantitative estimate of drug-likeness (QED) is 0.462. The molecule has 0 spiro atoms. The SMILES string of the molecule is CCCSc1nnc(NC(=O)C(CC)N(c2ccc(Cl)cc2)S(C)(=O)=O)s1. The largest absolute Gasteiger partial charge is 0.299 e.